The van der Waals surface area contributed by atoms with Gasteiger partial charge in [0.25, 0.3) is 0 Å². The van der Waals surface area contributed by atoms with Crippen LogP contribution in [-0.4, -0.2) is 28.8 Å². The molecule has 0 spiro atoms. The average Bonchev–Trinajstić information content (AvgIpc) is 2.66. The molecule has 1 aliphatic heterocycles. The van der Waals surface area contributed by atoms with Crippen LogP contribution in [0.5, 0.6) is 0 Å². The highest BCUT2D eigenvalue weighted by Gasteiger charge is 2.20. The first kappa shape index (κ1) is 12.1. The highest BCUT2D eigenvalue weighted by atomic mass is 16.1. The molecule has 1 aromatic rings. The molecule has 0 aromatic carbocycles. The van der Waals surface area contributed by atoms with E-state index in [2.05, 4.69) is 15.7 Å². The predicted molar refractivity (Wildman–Crippen MR) is 65.4 cm³/mol. The fraction of sp³-hybridized carbons (Fsp3) is 0.667. The lowest BCUT2D eigenvalue weighted by Gasteiger charge is -2.21. The molecular formula is C12H20N4O. The number of amides is 1. The Bertz CT molecular complexity index is 393. The molecule has 0 unspecified atom stereocenters. The zero-order valence-electron chi connectivity index (χ0n) is 10.5. The van der Waals surface area contributed by atoms with Gasteiger partial charge < -0.3 is 10.6 Å². The molecule has 0 saturated carbocycles. The minimum Gasteiger partial charge on any atom is -0.352 e. The van der Waals surface area contributed by atoms with Crippen molar-refractivity contribution in [2.24, 2.45) is 13.0 Å². The molecule has 17 heavy (non-hydrogen) atoms. The van der Waals surface area contributed by atoms with Gasteiger partial charge in [0, 0.05) is 31.9 Å². The second-order valence-electron chi connectivity index (χ2n) is 4.67. The number of hydrogen-bond acceptors (Lipinski definition) is 3. The van der Waals surface area contributed by atoms with E-state index in [0.29, 0.717) is 6.54 Å². The monoisotopic (exact) mass is 236 g/mol. The van der Waals surface area contributed by atoms with Crippen molar-refractivity contribution in [2.75, 3.05) is 13.1 Å². The van der Waals surface area contributed by atoms with Crippen molar-refractivity contribution >= 4 is 5.91 Å². The fourth-order valence-electron chi connectivity index (χ4n) is 2.22. The van der Waals surface area contributed by atoms with Crippen LogP contribution < -0.4 is 10.6 Å². The maximum absolute atomic E-state index is 11.9. The first-order valence-corrected chi connectivity index (χ1v) is 6.14. The van der Waals surface area contributed by atoms with Crippen LogP contribution in [0.4, 0.5) is 0 Å². The van der Waals surface area contributed by atoms with E-state index >= 15 is 0 Å². The Morgan fingerprint density at radius 1 is 1.71 bits per heavy atom. The van der Waals surface area contributed by atoms with Gasteiger partial charge in [-0.25, -0.2) is 0 Å². The smallest absolute Gasteiger partial charge is 0.224 e. The average molecular weight is 236 g/mol. The van der Waals surface area contributed by atoms with Gasteiger partial charge in [-0.1, -0.05) is 0 Å². The summed E-state index contributed by atoms with van der Waals surface area (Å²) in [4.78, 5) is 11.9. The van der Waals surface area contributed by atoms with Crippen LogP contribution in [0.2, 0.25) is 0 Å². The third-order valence-corrected chi connectivity index (χ3v) is 3.24. The van der Waals surface area contributed by atoms with E-state index in [1.165, 1.54) is 0 Å². The highest BCUT2D eigenvalue weighted by molar-refractivity contribution is 5.78. The molecule has 1 aliphatic rings. The van der Waals surface area contributed by atoms with Crippen molar-refractivity contribution in [3.05, 3.63) is 17.5 Å². The quantitative estimate of drug-likeness (QED) is 0.796. The molecule has 1 saturated heterocycles. The Hall–Kier alpha value is -1.36. The van der Waals surface area contributed by atoms with Gasteiger partial charge in [-0.3, -0.25) is 9.48 Å². The number of nitrogens with zero attached hydrogens (tertiary/aromatic N) is 2. The van der Waals surface area contributed by atoms with Crippen LogP contribution in [0.1, 0.15) is 24.1 Å². The van der Waals surface area contributed by atoms with Crippen molar-refractivity contribution in [1.82, 2.24) is 20.4 Å². The maximum atomic E-state index is 11.9. The van der Waals surface area contributed by atoms with Gasteiger partial charge >= 0.3 is 0 Å². The molecule has 1 aromatic heterocycles. The van der Waals surface area contributed by atoms with Crippen molar-refractivity contribution in [3.8, 4) is 0 Å². The molecule has 1 atom stereocenters. The zero-order valence-corrected chi connectivity index (χ0v) is 10.5. The number of carbonyl (C=O) groups is 1. The largest absolute Gasteiger partial charge is 0.352 e. The third-order valence-electron chi connectivity index (χ3n) is 3.24. The van der Waals surface area contributed by atoms with Crippen LogP contribution in [0.15, 0.2) is 6.20 Å². The number of nitrogens with one attached hydrogen (secondary N) is 2. The zero-order chi connectivity index (χ0) is 12.3. The van der Waals surface area contributed by atoms with E-state index < -0.39 is 0 Å². The van der Waals surface area contributed by atoms with Gasteiger partial charge in [-0.15, -0.1) is 0 Å². The Morgan fingerprint density at radius 2 is 2.53 bits per heavy atom. The van der Waals surface area contributed by atoms with Gasteiger partial charge in [0.15, 0.2) is 0 Å². The Morgan fingerprint density at radius 3 is 3.12 bits per heavy atom. The van der Waals surface area contributed by atoms with Crippen LogP contribution in [0.3, 0.4) is 0 Å². The van der Waals surface area contributed by atoms with Crippen LogP contribution in [0.25, 0.3) is 0 Å². The number of carbonyl (C=O) groups excluding carboxylic acids is 1. The molecule has 1 amide bonds. The summed E-state index contributed by atoms with van der Waals surface area (Å²) in [6, 6.07) is 0. The Balaban J connectivity index is 1.85. The van der Waals surface area contributed by atoms with Crippen molar-refractivity contribution < 1.29 is 4.79 Å². The summed E-state index contributed by atoms with van der Waals surface area (Å²) in [5.41, 5.74) is 2.07. The molecule has 0 radical (unpaired) electrons. The van der Waals surface area contributed by atoms with E-state index in [0.717, 1.165) is 37.2 Å². The van der Waals surface area contributed by atoms with Crippen molar-refractivity contribution in [3.63, 3.8) is 0 Å². The fourth-order valence-corrected chi connectivity index (χ4v) is 2.22. The Kier molecular flexibility index (Phi) is 3.78. The SMILES string of the molecule is Cc1nn(C)cc1CNC(=O)[C@H]1CCCNC1. The van der Waals surface area contributed by atoms with E-state index in [9.17, 15) is 4.79 Å². The number of hydrogen-bond donors (Lipinski definition) is 2. The van der Waals surface area contributed by atoms with E-state index in [1.807, 2.05) is 20.2 Å². The predicted octanol–water partition coefficient (Wildman–Crippen LogP) is 0.344. The van der Waals surface area contributed by atoms with E-state index in [-0.39, 0.29) is 11.8 Å². The van der Waals surface area contributed by atoms with Gasteiger partial charge in [-0.2, -0.15) is 5.10 Å². The number of rotatable bonds is 3. The van der Waals surface area contributed by atoms with Crippen LogP contribution in [0, 0.1) is 12.8 Å². The summed E-state index contributed by atoms with van der Waals surface area (Å²) >= 11 is 0. The van der Waals surface area contributed by atoms with Gasteiger partial charge in [0.2, 0.25) is 5.91 Å². The lowest BCUT2D eigenvalue weighted by atomic mass is 9.99. The summed E-state index contributed by atoms with van der Waals surface area (Å²) in [7, 11) is 1.89. The standard InChI is InChI=1S/C12H20N4O/c1-9-11(8-16(2)15-9)7-14-12(17)10-4-3-5-13-6-10/h8,10,13H,3-7H2,1-2H3,(H,14,17)/t10-/m0/s1. The maximum Gasteiger partial charge on any atom is 0.224 e. The minimum atomic E-state index is 0.126. The third kappa shape index (κ3) is 3.06. The highest BCUT2D eigenvalue weighted by Crippen LogP contribution is 2.10. The van der Waals surface area contributed by atoms with E-state index in [1.54, 1.807) is 4.68 Å². The van der Waals surface area contributed by atoms with Gasteiger partial charge in [0.1, 0.15) is 0 Å². The lowest BCUT2D eigenvalue weighted by Crippen LogP contribution is -2.40. The normalized spacial score (nSPS) is 20.2. The molecule has 2 heterocycles. The summed E-state index contributed by atoms with van der Waals surface area (Å²) in [5.74, 6) is 0.279. The molecule has 2 rings (SSSR count). The lowest BCUT2D eigenvalue weighted by molar-refractivity contribution is -0.125. The molecule has 94 valence electrons. The van der Waals surface area contributed by atoms with E-state index in [4.69, 9.17) is 0 Å². The summed E-state index contributed by atoms with van der Waals surface area (Å²) in [5, 5.41) is 10.5. The van der Waals surface area contributed by atoms with Crippen LogP contribution >= 0.6 is 0 Å². The summed E-state index contributed by atoms with van der Waals surface area (Å²) in [6.07, 6.45) is 4.03. The topological polar surface area (TPSA) is 59.0 Å². The molecule has 1 fully saturated rings. The Labute approximate surface area is 102 Å². The second kappa shape index (κ2) is 5.31. The number of aryl methyl sites for hydroxylation is 2. The van der Waals surface area contributed by atoms with Crippen molar-refractivity contribution in [1.29, 1.82) is 0 Å². The molecule has 0 aliphatic carbocycles. The molecular weight excluding hydrogens is 216 g/mol. The molecule has 0 bridgehead atoms. The minimum absolute atomic E-state index is 0.126. The van der Waals surface area contributed by atoms with Gasteiger partial charge in [-0.05, 0) is 26.3 Å². The first-order chi connectivity index (χ1) is 8.16. The molecule has 5 heteroatoms. The van der Waals surface area contributed by atoms with Crippen molar-refractivity contribution in [2.45, 2.75) is 26.3 Å². The first-order valence-electron chi connectivity index (χ1n) is 6.14. The number of aromatic nitrogens is 2. The summed E-state index contributed by atoms with van der Waals surface area (Å²) < 4.78 is 1.78. The molecule has 5 nitrogen and oxygen atoms in total. The van der Waals surface area contributed by atoms with Crippen LogP contribution in [-0.2, 0) is 18.4 Å². The summed E-state index contributed by atoms with van der Waals surface area (Å²) in [6.45, 7) is 4.38. The number of piperidine rings is 1. The molecule has 2 N–H and O–H groups in total. The van der Waals surface area contributed by atoms with Gasteiger partial charge in [0.05, 0.1) is 11.6 Å². The second-order valence-corrected chi connectivity index (χ2v) is 4.67.